The standard InChI is InChI=1S/C14H20N4O2/c1-11-6-8-17(9-7-11)14(15)16-10-12-2-4-13(5-3-12)18(19)20/h2-5,11H,6-10H2,1H3,(H2,15,16). The predicted molar refractivity (Wildman–Crippen MR) is 78.4 cm³/mol. The van der Waals surface area contributed by atoms with Gasteiger partial charge < -0.3 is 10.6 Å². The summed E-state index contributed by atoms with van der Waals surface area (Å²) in [7, 11) is 0. The summed E-state index contributed by atoms with van der Waals surface area (Å²) in [5.74, 6) is 1.32. The highest BCUT2D eigenvalue weighted by molar-refractivity contribution is 5.78. The molecule has 1 saturated heterocycles. The molecule has 1 fully saturated rings. The molecule has 0 bridgehead atoms. The molecule has 6 nitrogen and oxygen atoms in total. The summed E-state index contributed by atoms with van der Waals surface area (Å²) in [4.78, 5) is 16.6. The van der Waals surface area contributed by atoms with Crippen LogP contribution in [0.2, 0.25) is 0 Å². The van der Waals surface area contributed by atoms with Gasteiger partial charge in [0.1, 0.15) is 0 Å². The van der Waals surface area contributed by atoms with Crippen molar-refractivity contribution in [1.29, 1.82) is 0 Å². The molecule has 6 heteroatoms. The molecule has 1 heterocycles. The number of nitro benzene ring substituents is 1. The maximum atomic E-state index is 10.6. The van der Waals surface area contributed by atoms with Crippen LogP contribution in [0, 0.1) is 16.0 Å². The molecule has 0 aliphatic carbocycles. The maximum absolute atomic E-state index is 10.6. The molecule has 1 aliphatic heterocycles. The van der Waals surface area contributed by atoms with E-state index in [2.05, 4.69) is 16.8 Å². The van der Waals surface area contributed by atoms with Gasteiger partial charge >= 0.3 is 0 Å². The molecule has 108 valence electrons. The van der Waals surface area contributed by atoms with Crippen LogP contribution < -0.4 is 5.73 Å². The van der Waals surface area contributed by atoms with Crippen LogP contribution in [0.3, 0.4) is 0 Å². The van der Waals surface area contributed by atoms with E-state index in [1.54, 1.807) is 12.1 Å². The lowest BCUT2D eigenvalue weighted by Crippen LogP contribution is -2.42. The fourth-order valence-electron chi connectivity index (χ4n) is 2.23. The summed E-state index contributed by atoms with van der Waals surface area (Å²) < 4.78 is 0. The van der Waals surface area contributed by atoms with Gasteiger partial charge in [-0.2, -0.15) is 0 Å². The third-order valence-corrected chi connectivity index (χ3v) is 3.68. The minimum Gasteiger partial charge on any atom is -0.370 e. The number of non-ortho nitro benzene ring substituents is 1. The lowest BCUT2D eigenvalue weighted by Gasteiger charge is -2.31. The van der Waals surface area contributed by atoms with Crippen LogP contribution >= 0.6 is 0 Å². The van der Waals surface area contributed by atoms with Crippen molar-refractivity contribution in [3.05, 3.63) is 39.9 Å². The number of guanidine groups is 1. The number of nitro groups is 1. The maximum Gasteiger partial charge on any atom is 0.269 e. The number of nitrogens with zero attached hydrogens (tertiary/aromatic N) is 3. The minimum absolute atomic E-state index is 0.0933. The van der Waals surface area contributed by atoms with E-state index in [-0.39, 0.29) is 5.69 Å². The highest BCUT2D eigenvalue weighted by Gasteiger charge is 2.16. The first-order chi connectivity index (χ1) is 9.56. The van der Waals surface area contributed by atoms with Crippen LogP contribution in [0.4, 0.5) is 5.69 Å². The topological polar surface area (TPSA) is 84.8 Å². The summed E-state index contributed by atoms with van der Waals surface area (Å²) in [5.41, 5.74) is 7.00. The highest BCUT2D eigenvalue weighted by atomic mass is 16.6. The van der Waals surface area contributed by atoms with E-state index < -0.39 is 4.92 Å². The summed E-state index contributed by atoms with van der Waals surface area (Å²) >= 11 is 0. The van der Waals surface area contributed by atoms with Crippen molar-refractivity contribution < 1.29 is 4.92 Å². The van der Waals surface area contributed by atoms with Gasteiger partial charge in [0.05, 0.1) is 11.5 Å². The molecule has 0 radical (unpaired) electrons. The summed E-state index contributed by atoms with van der Waals surface area (Å²) in [5, 5.41) is 10.6. The van der Waals surface area contributed by atoms with E-state index in [4.69, 9.17) is 5.73 Å². The lowest BCUT2D eigenvalue weighted by atomic mass is 10.00. The molecule has 0 amide bonds. The fourth-order valence-corrected chi connectivity index (χ4v) is 2.23. The molecule has 1 aromatic carbocycles. The van der Waals surface area contributed by atoms with E-state index in [0.717, 1.165) is 37.4 Å². The molecule has 2 N–H and O–H groups in total. The molecule has 1 aromatic rings. The second kappa shape index (κ2) is 6.36. The van der Waals surface area contributed by atoms with Crippen LogP contribution in [-0.4, -0.2) is 28.9 Å². The number of piperidine rings is 1. The Hall–Kier alpha value is -2.11. The van der Waals surface area contributed by atoms with Crippen molar-refractivity contribution in [1.82, 2.24) is 4.90 Å². The van der Waals surface area contributed by atoms with Gasteiger partial charge in [-0.25, -0.2) is 4.99 Å². The van der Waals surface area contributed by atoms with Crippen molar-refractivity contribution in [3.8, 4) is 0 Å². The minimum atomic E-state index is -0.406. The molecule has 20 heavy (non-hydrogen) atoms. The number of aliphatic imine (C=N–C) groups is 1. The van der Waals surface area contributed by atoms with Crippen LogP contribution in [0.1, 0.15) is 25.3 Å². The number of rotatable bonds is 3. The molecule has 0 atom stereocenters. The third-order valence-electron chi connectivity index (χ3n) is 3.68. The third kappa shape index (κ3) is 3.69. The van der Waals surface area contributed by atoms with Crippen molar-refractivity contribution in [2.24, 2.45) is 16.6 Å². The van der Waals surface area contributed by atoms with Crippen molar-refractivity contribution in [3.63, 3.8) is 0 Å². The van der Waals surface area contributed by atoms with Crippen LogP contribution in [-0.2, 0) is 6.54 Å². The largest absolute Gasteiger partial charge is 0.370 e. The second-order valence-electron chi connectivity index (χ2n) is 5.27. The van der Waals surface area contributed by atoms with Crippen LogP contribution in [0.25, 0.3) is 0 Å². The van der Waals surface area contributed by atoms with E-state index in [9.17, 15) is 10.1 Å². The Labute approximate surface area is 118 Å². The molecule has 0 aromatic heterocycles. The molecular formula is C14H20N4O2. The van der Waals surface area contributed by atoms with Gasteiger partial charge in [-0.3, -0.25) is 10.1 Å². The first kappa shape index (κ1) is 14.3. The molecule has 0 unspecified atom stereocenters. The van der Waals surface area contributed by atoms with Crippen molar-refractivity contribution in [2.75, 3.05) is 13.1 Å². The van der Waals surface area contributed by atoms with Gasteiger partial charge in [-0.15, -0.1) is 0 Å². The van der Waals surface area contributed by atoms with E-state index in [1.807, 2.05) is 0 Å². The van der Waals surface area contributed by atoms with E-state index >= 15 is 0 Å². The SMILES string of the molecule is CC1CCN(C(N)=NCc2ccc([N+](=O)[O-])cc2)CC1. The first-order valence-electron chi connectivity index (χ1n) is 6.84. The smallest absolute Gasteiger partial charge is 0.269 e. The zero-order chi connectivity index (χ0) is 14.5. The molecule has 1 aliphatic rings. The van der Waals surface area contributed by atoms with Gasteiger partial charge in [0.25, 0.3) is 5.69 Å². The number of nitrogens with two attached hydrogens (primary N) is 1. The average Bonchev–Trinajstić information content (AvgIpc) is 2.46. The predicted octanol–water partition coefficient (Wildman–Crippen LogP) is 2.14. The Morgan fingerprint density at radius 1 is 1.40 bits per heavy atom. The Morgan fingerprint density at radius 2 is 2.00 bits per heavy atom. The summed E-state index contributed by atoms with van der Waals surface area (Å²) in [6.45, 7) is 4.62. The Bertz CT molecular complexity index is 490. The van der Waals surface area contributed by atoms with Crippen molar-refractivity contribution >= 4 is 11.6 Å². The zero-order valence-corrected chi connectivity index (χ0v) is 11.7. The molecule has 0 spiro atoms. The Morgan fingerprint density at radius 3 is 2.55 bits per heavy atom. The van der Waals surface area contributed by atoms with Gasteiger partial charge in [0.15, 0.2) is 5.96 Å². The van der Waals surface area contributed by atoms with Crippen LogP contribution in [0.5, 0.6) is 0 Å². The first-order valence-corrected chi connectivity index (χ1v) is 6.84. The highest BCUT2D eigenvalue weighted by Crippen LogP contribution is 2.16. The molecule has 2 rings (SSSR count). The quantitative estimate of drug-likeness (QED) is 0.397. The Balaban J connectivity index is 1.92. The molecular weight excluding hydrogens is 256 g/mol. The molecule has 0 saturated carbocycles. The number of likely N-dealkylation sites (tertiary alicyclic amines) is 1. The normalized spacial score (nSPS) is 17.2. The zero-order valence-electron chi connectivity index (χ0n) is 11.7. The number of benzene rings is 1. The second-order valence-corrected chi connectivity index (χ2v) is 5.27. The van der Waals surface area contributed by atoms with E-state index in [1.165, 1.54) is 12.1 Å². The van der Waals surface area contributed by atoms with Crippen molar-refractivity contribution in [2.45, 2.75) is 26.3 Å². The van der Waals surface area contributed by atoms with Crippen LogP contribution in [0.15, 0.2) is 29.3 Å². The monoisotopic (exact) mass is 276 g/mol. The average molecular weight is 276 g/mol. The lowest BCUT2D eigenvalue weighted by molar-refractivity contribution is -0.384. The van der Waals surface area contributed by atoms with Gasteiger partial charge in [-0.1, -0.05) is 19.1 Å². The van der Waals surface area contributed by atoms with Gasteiger partial charge in [0.2, 0.25) is 0 Å². The summed E-state index contributed by atoms with van der Waals surface area (Å²) in [6, 6.07) is 6.41. The summed E-state index contributed by atoms with van der Waals surface area (Å²) in [6.07, 6.45) is 2.29. The van der Waals surface area contributed by atoms with Gasteiger partial charge in [0, 0.05) is 25.2 Å². The fraction of sp³-hybridized carbons (Fsp3) is 0.500. The Kier molecular flexibility index (Phi) is 4.55. The van der Waals surface area contributed by atoms with Gasteiger partial charge in [-0.05, 0) is 24.3 Å². The van der Waals surface area contributed by atoms with E-state index in [0.29, 0.717) is 12.5 Å². The number of hydrogen-bond donors (Lipinski definition) is 1. The number of hydrogen-bond acceptors (Lipinski definition) is 3.